The molecular formula is C14H20N6O. The van der Waals surface area contributed by atoms with E-state index >= 15 is 0 Å². The van der Waals surface area contributed by atoms with Gasteiger partial charge in [0.05, 0.1) is 7.11 Å². The highest BCUT2D eigenvalue weighted by molar-refractivity contribution is 5.77. The van der Waals surface area contributed by atoms with Crippen molar-refractivity contribution >= 4 is 5.96 Å². The predicted molar refractivity (Wildman–Crippen MR) is 81.0 cm³/mol. The van der Waals surface area contributed by atoms with Gasteiger partial charge in [0, 0.05) is 13.6 Å². The average molecular weight is 288 g/mol. The molecule has 0 atom stereocenters. The Morgan fingerprint density at radius 3 is 2.76 bits per heavy atom. The number of nitrogens with two attached hydrogens (primary N) is 1. The molecule has 0 unspecified atom stereocenters. The van der Waals surface area contributed by atoms with Crippen molar-refractivity contribution < 1.29 is 4.74 Å². The molecule has 2 rings (SSSR count). The molecule has 0 spiro atoms. The molecule has 0 aliphatic heterocycles. The fourth-order valence-electron chi connectivity index (χ4n) is 1.80. The number of aryl methyl sites for hydroxylation is 1. The standard InChI is InChI=1S/C14H20N6O/c1-20-10-18-13(19-20)9-17-14(15)16-8-7-11-3-5-12(21-2)6-4-11/h3-6,10H,7-9H2,1-2H3,(H3,15,16,17). The quantitative estimate of drug-likeness (QED) is 0.595. The number of nitrogens with one attached hydrogen (secondary N) is 1. The van der Waals surface area contributed by atoms with Crippen molar-refractivity contribution in [2.45, 2.75) is 13.0 Å². The minimum atomic E-state index is 0.377. The van der Waals surface area contributed by atoms with Crippen LogP contribution < -0.4 is 15.8 Å². The Balaban J connectivity index is 1.74. The molecule has 0 bridgehead atoms. The number of methoxy groups -OCH3 is 1. The highest BCUT2D eigenvalue weighted by Gasteiger charge is 1.99. The van der Waals surface area contributed by atoms with Gasteiger partial charge in [-0.1, -0.05) is 12.1 Å². The molecule has 0 saturated carbocycles. The van der Waals surface area contributed by atoms with E-state index in [1.807, 2.05) is 31.3 Å². The van der Waals surface area contributed by atoms with Crippen molar-refractivity contribution in [2.24, 2.45) is 17.8 Å². The SMILES string of the molecule is COc1ccc(CCNC(N)=NCc2ncn(C)n2)cc1. The van der Waals surface area contributed by atoms with Crippen LogP contribution in [0.3, 0.4) is 0 Å². The second-order valence-electron chi connectivity index (χ2n) is 4.56. The monoisotopic (exact) mass is 288 g/mol. The molecule has 3 N–H and O–H groups in total. The summed E-state index contributed by atoms with van der Waals surface area (Å²) in [7, 11) is 3.47. The van der Waals surface area contributed by atoms with Crippen molar-refractivity contribution in [1.82, 2.24) is 20.1 Å². The third kappa shape index (κ3) is 4.79. The molecule has 0 aliphatic carbocycles. The lowest BCUT2D eigenvalue weighted by Gasteiger charge is -2.06. The largest absolute Gasteiger partial charge is 0.497 e. The topological polar surface area (TPSA) is 90.4 Å². The summed E-state index contributed by atoms with van der Waals surface area (Å²) in [5.74, 6) is 1.91. The third-order valence-electron chi connectivity index (χ3n) is 2.92. The highest BCUT2D eigenvalue weighted by Crippen LogP contribution is 2.11. The summed E-state index contributed by atoms with van der Waals surface area (Å²) in [6, 6.07) is 7.95. The van der Waals surface area contributed by atoms with Crippen molar-refractivity contribution in [3.05, 3.63) is 42.0 Å². The van der Waals surface area contributed by atoms with E-state index in [9.17, 15) is 0 Å². The van der Waals surface area contributed by atoms with Gasteiger partial charge in [0.25, 0.3) is 0 Å². The summed E-state index contributed by atoms with van der Waals surface area (Å²) in [6.07, 6.45) is 2.50. The number of rotatable bonds is 6. The smallest absolute Gasteiger partial charge is 0.189 e. The molecule has 0 aliphatic rings. The number of ether oxygens (including phenoxy) is 1. The molecule has 0 fully saturated rings. The van der Waals surface area contributed by atoms with E-state index in [2.05, 4.69) is 20.4 Å². The van der Waals surface area contributed by atoms with Crippen LogP contribution in [0.4, 0.5) is 0 Å². The number of guanidine groups is 1. The summed E-state index contributed by atoms with van der Waals surface area (Å²) in [4.78, 5) is 8.27. The van der Waals surface area contributed by atoms with Crippen LogP contribution >= 0.6 is 0 Å². The van der Waals surface area contributed by atoms with Gasteiger partial charge >= 0.3 is 0 Å². The summed E-state index contributed by atoms with van der Waals surface area (Å²) >= 11 is 0. The molecule has 1 aromatic heterocycles. The number of hydrogen-bond donors (Lipinski definition) is 2. The van der Waals surface area contributed by atoms with Gasteiger partial charge in [0.1, 0.15) is 18.6 Å². The van der Waals surface area contributed by atoms with Crippen LogP contribution in [0.2, 0.25) is 0 Å². The Hall–Kier alpha value is -2.57. The lowest BCUT2D eigenvalue weighted by atomic mass is 10.1. The number of hydrogen-bond acceptors (Lipinski definition) is 4. The van der Waals surface area contributed by atoms with E-state index in [0.29, 0.717) is 18.3 Å². The Labute approximate surface area is 123 Å². The lowest BCUT2D eigenvalue weighted by Crippen LogP contribution is -2.33. The van der Waals surface area contributed by atoms with Gasteiger partial charge in [0.15, 0.2) is 11.8 Å². The summed E-state index contributed by atoms with van der Waals surface area (Å²) in [5, 5.41) is 7.20. The van der Waals surface area contributed by atoms with Crippen LogP contribution in [-0.2, 0) is 20.0 Å². The fourth-order valence-corrected chi connectivity index (χ4v) is 1.80. The summed E-state index contributed by atoms with van der Waals surface area (Å²) in [6.45, 7) is 1.10. The highest BCUT2D eigenvalue weighted by atomic mass is 16.5. The predicted octanol–water partition coefficient (Wildman–Crippen LogP) is 0.471. The van der Waals surface area contributed by atoms with Gasteiger partial charge in [-0.15, -0.1) is 0 Å². The summed E-state index contributed by atoms with van der Waals surface area (Å²) in [5.41, 5.74) is 7.01. The number of benzene rings is 1. The summed E-state index contributed by atoms with van der Waals surface area (Å²) < 4.78 is 6.76. The number of aromatic nitrogens is 3. The second-order valence-corrected chi connectivity index (χ2v) is 4.56. The maximum atomic E-state index is 5.79. The Morgan fingerprint density at radius 2 is 2.14 bits per heavy atom. The van der Waals surface area contributed by atoms with Crippen molar-refractivity contribution in [1.29, 1.82) is 0 Å². The third-order valence-corrected chi connectivity index (χ3v) is 2.92. The molecule has 2 aromatic rings. The van der Waals surface area contributed by atoms with Crippen LogP contribution in [0.5, 0.6) is 5.75 Å². The Morgan fingerprint density at radius 1 is 1.38 bits per heavy atom. The molecule has 1 aromatic carbocycles. The molecule has 0 saturated heterocycles. The van der Waals surface area contributed by atoms with E-state index in [1.165, 1.54) is 5.56 Å². The minimum absolute atomic E-state index is 0.377. The molecule has 0 radical (unpaired) electrons. The van der Waals surface area contributed by atoms with Gasteiger partial charge in [0.2, 0.25) is 0 Å². The van der Waals surface area contributed by atoms with Crippen LogP contribution in [0.25, 0.3) is 0 Å². The maximum Gasteiger partial charge on any atom is 0.189 e. The fraction of sp³-hybridized carbons (Fsp3) is 0.357. The molecule has 7 nitrogen and oxygen atoms in total. The van der Waals surface area contributed by atoms with Gasteiger partial charge in [-0.2, -0.15) is 5.10 Å². The zero-order chi connectivity index (χ0) is 15.1. The van der Waals surface area contributed by atoms with E-state index in [4.69, 9.17) is 10.5 Å². The molecule has 112 valence electrons. The first kappa shape index (κ1) is 14.8. The number of nitrogens with zero attached hydrogens (tertiary/aromatic N) is 4. The van der Waals surface area contributed by atoms with Crippen molar-refractivity contribution in [2.75, 3.05) is 13.7 Å². The first-order chi connectivity index (χ1) is 10.2. The Bertz CT molecular complexity index is 590. The van der Waals surface area contributed by atoms with Crippen LogP contribution in [0.15, 0.2) is 35.6 Å². The number of aliphatic imine (C=N–C) groups is 1. The Kier molecular flexibility index (Phi) is 5.14. The molecular weight excluding hydrogens is 268 g/mol. The maximum absolute atomic E-state index is 5.79. The van der Waals surface area contributed by atoms with E-state index < -0.39 is 0 Å². The zero-order valence-electron chi connectivity index (χ0n) is 12.3. The molecule has 7 heteroatoms. The first-order valence-electron chi connectivity index (χ1n) is 6.68. The van der Waals surface area contributed by atoms with E-state index in [0.717, 1.165) is 18.7 Å². The second kappa shape index (κ2) is 7.28. The molecule has 21 heavy (non-hydrogen) atoms. The lowest BCUT2D eigenvalue weighted by molar-refractivity contribution is 0.414. The first-order valence-corrected chi connectivity index (χ1v) is 6.68. The van der Waals surface area contributed by atoms with Gasteiger partial charge in [-0.3, -0.25) is 4.68 Å². The normalized spacial score (nSPS) is 11.4. The van der Waals surface area contributed by atoms with Crippen LogP contribution in [-0.4, -0.2) is 34.4 Å². The van der Waals surface area contributed by atoms with Crippen LogP contribution in [0.1, 0.15) is 11.4 Å². The van der Waals surface area contributed by atoms with E-state index in [1.54, 1.807) is 18.1 Å². The van der Waals surface area contributed by atoms with Crippen LogP contribution in [0, 0.1) is 0 Å². The minimum Gasteiger partial charge on any atom is -0.497 e. The van der Waals surface area contributed by atoms with Gasteiger partial charge in [-0.05, 0) is 24.1 Å². The van der Waals surface area contributed by atoms with E-state index in [-0.39, 0.29) is 0 Å². The van der Waals surface area contributed by atoms with Crippen molar-refractivity contribution in [3.63, 3.8) is 0 Å². The van der Waals surface area contributed by atoms with Gasteiger partial charge in [-0.25, -0.2) is 9.98 Å². The molecule has 0 amide bonds. The molecule has 1 heterocycles. The van der Waals surface area contributed by atoms with Crippen molar-refractivity contribution in [3.8, 4) is 5.75 Å². The van der Waals surface area contributed by atoms with Gasteiger partial charge < -0.3 is 15.8 Å². The zero-order valence-corrected chi connectivity index (χ0v) is 12.3. The average Bonchev–Trinajstić information content (AvgIpc) is 2.91.